The molecule has 0 aromatic heterocycles. The zero-order valence-electron chi connectivity index (χ0n) is 21.7. The summed E-state index contributed by atoms with van der Waals surface area (Å²) in [7, 11) is 0. The fraction of sp³-hybridized carbons (Fsp3) is 0.933. The average molecular weight is 427 g/mol. The fourth-order valence-corrected chi connectivity index (χ4v) is 11.5. The van der Waals surface area contributed by atoms with Crippen molar-refractivity contribution in [2.75, 3.05) is 0 Å². The number of fused-ring (bicyclic) bond motifs is 7. The smallest absolute Gasteiger partial charge is 0.0594 e. The van der Waals surface area contributed by atoms with Crippen molar-refractivity contribution >= 4 is 0 Å². The monoisotopic (exact) mass is 426 g/mol. The summed E-state index contributed by atoms with van der Waals surface area (Å²) in [6.45, 7) is 22.3. The van der Waals surface area contributed by atoms with Gasteiger partial charge in [0.25, 0.3) is 0 Å². The first-order chi connectivity index (χ1) is 14.3. The van der Waals surface area contributed by atoms with E-state index in [0.717, 1.165) is 30.1 Å². The number of allylic oxidation sites excluding steroid dienone is 1. The van der Waals surface area contributed by atoms with Gasteiger partial charge in [0.1, 0.15) is 0 Å². The molecule has 0 unspecified atom stereocenters. The fourth-order valence-electron chi connectivity index (χ4n) is 11.5. The molecular formula is C30H50O. The third-order valence-electron chi connectivity index (χ3n) is 13.5. The molecule has 5 aliphatic rings. The van der Waals surface area contributed by atoms with Crippen LogP contribution in [0.15, 0.2) is 12.2 Å². The molecule has 0 aromatic rings. The van der Waals surface area contributed by atoms with Crippen molar-refractivity contribution in [2.45, 2.75) is 119 Å². The van der Waals surface area contributed by atoms with Crippen molar-refractivity contribution < 1.29 is 5.11 Å². The first kappa shape index (κ1) is 22.5. The van der Waals surface area contributed by atoms with Crippen LogP contribution in [0.5, 0.6) is 0 Å². The molecule has 5 rings (SSSR count). The number of rotatable bonds is 1. The Bertz CT molecular complexity index is 766. The van der Waals surface area contributed by atoms with Crippen LogP contribution in [0.25, 0.3) is 0 Å². The number of aliphatic hydroxyl groups excluding tert-OH is 1. The summed E-state index contributed by atoms with van der Waals surface area (Å²) in [5.74, 6) is 3.98. The molecule has 5 saturated carbocycles. The van der Waals surface area contributed by atoms with Gasteiger partial charge in [0, 0.05) is 0 Å². The lowest BCUT2D eigenvalue weighted by atomic mass is 9.32. The van der Waals surface area contributed by atoms with E-state index in [1.165, 1.54) is 63.4 Å². The first-order valence-electron chi connectivity index (χ1n) is 13.6. The van der Waals surface area contributed by atoms with Crippen molar-refractivity contribution in [1.82, 2.24) is 0 Å². The third-order valence-corrected chi connectivity index (χ3v) is 13.5. The van der Waals surface area contributed by atoms with Crippen LogP contribution in [0.2, 0.25) is 0 Å². The molecule has 176 valence electrons. The molecule has 0 bridgehead atoms. The normalized spacial score (nSPS) is 57.9. The summed E-state index contributed by atoms with van der Waals surface area (Å²) in [5.41, 5.74) is 3.38. The van der Waals surface area contributed by atoms with Gasteiger partial charge in [0.15, 0.2) is 0 Å². The quantitative estimate of drug-likeness (QED) is 0.421. The van der Waals surface area contributed by atoms with Crippen LogP contribution < -0.4 is 0 Å². The molecule has 0 amide bonds. The summed E-state index contributed by atoms with van der Waals surface area (Å²) in [4.78, 5) is 0. The molecule has 5 aliphatic carbocycles. The maximum absolute atomic E-state index is 10.9. The summed E-state index contributed by atoms with van der Waals surface area (Å²) in [6.07, 6.45) is 13.4. The maximum Gasteiger partial charge on any atom is 0.0594 e. The highest BCUT2D eigenvalue weighted by Gasteiger charge is 2.70. The first-order valence-corrected chi connectivity index (χ1v) is 13.6. The molecular weight excluding hydrogens is 376 g/mol. The van der Waals surface area contributed by atoms with Gasteiger partial charge in [-0.15, -0.1) is 0 Å². The Morgan fingerprint density at radius 1 is 0.742 bits per heavy atom. The van der Waals surface area contributed by atoms with Gasteiger partial charge < -0.3 is 5.11 Å². The van der Waals surface area contributed by atoms with Crippen molar-refractivity contribution in [2.24, 2.45) is 56.7 Å². The van der Waals surface area contributed by atoms with Crippen LogP contribution in [0.4, 0.5) is 0 Å². The second-order valence-corrected chi connectivity index (χ2v) is 14.7. The second kappa shape index (κ2) is 6.64. The van der Waals surface area contributed by atoms with E-state index in [-0.39, 0.29) is 11.5 Å². The number of hydrogen-bond donors (Lipinski definition) is 1. The molecule has 5 fully saturated rings. The molecule has 0 spiro atoms. The van der Waals surface area contributed by atoms with Crippen molar-refractivity contribution in [1.29, 1.82) is 0 Å². The zero-order chi connectivity index (χ0) is 22.6. The zero-order valence-corrected chi connectivity index (χ0v) is 21.7. The SMILES string of the molecule is C=C(C)[C@@H]1CC[C@@]2(C)CC[C@]3(C)[C@H](CC[C@H]4[C@@]5(C)CC[C@@H](O)C(C)(C)[C@H]5CC[C@@]43C)[C@@H]12. The van der Waals surface area contributed by atoms with Crippen molar-refractivity contribution in [3.8, 4) is 0 Å². The highest BCUT2D eigenvalue weighted by molar-refractivity contribution is 5.21. The Hall–Kier alpha value is -0.300. The number of aliphatic hydroxyl groups is 1. The van der Waals surface area contributed by atoms with Crippen LogP contribution in [-0.2, 0) is 0 Å². The van der Waals surface area contributed by atoms with Gasteiger partial charge in [-0.25, -0.2) is 0 Å². The highest BCUT2D eigenvalue weighted by Crippen LogP contribution is 2.77. The Morgan fingerprint density at radius 3 is 2.13 bits per heavy atom. The van der Waals surface area contributed by atoms with E-state index in [1.54, 1.807) is 0 Å². The molecule has 1 heteroatoms. The van der Waals surface area contributed by atoms with Crippen molar-refractivity contribution in [3.05, 3.63) is 12.2 Å². The molecule has 0 heterocycles. The minimum atomic E-state index is -0.118. The largest absolute Gasteiger partial charge is 0.393 e. The topological polar surface area (TPSA) is 20.2 Å². The number of hydrogen-bond acceptors (Lipinski definition) is 1. The predicted molar refractivity (Wildman–Crippen MR) is 131 cm³/mol. The third kappa shape index (κ3) is 2.65. The van der Waals surface area contributed by atoms with E-state index in [2.05, 4.69) is 55.0 Å². The van der Waals surface area contributed by atoms with Crippen LogP contribution in [0.3, 0.4) is 0 Å². The van der Waals surface area contributed by atoms with Gasteiger partial charge in [-0.3, -0.25) is 0 Å². The molecule has 0 aromatic carbocycles. The molecule has 10 atom stereocenters. The average Bonchev–Trinajstić information content (AvgIpc) is 3.04. The molecule has 1 nitrogen and oxygen atoms in total. The van der Waals surface area contributed by atoms with E-state index >= 15 is 0 Å². The Balaban J connectivity index is 1.54. The van der Waals surface area contributed by atoms with E-state index in [4.69, 9.17) is 0 Å². The highest BCUT2D eigenvalue weighted by atomic mass is 16.3. The molecule has 0 aliphatic heterocycles. The Labute approximate surface area is 192 Å². The lowest BCUT2D eigenvalue weighted by Crippen LogP contribution is -2.66. The second-order valence-electron chi connectivity index (χ2n) is 14.7. The minimum Gasteiger partial charge on any atom is -0.393 e. The summed E-state index contributed by atoms with van der Waals surface area (Å²) < 4.78 is 0. The standard InChI is InChI=1S/C30H50O/c1-19(2)20-11-14-27(5)17-18-29(7)21(25(20)27)9-10-23-28(6)15-13-24(31)26(3,4)22(28)12-16-30(23,29)8/h20-25,31H,1,9-18H2,2-8H3/t20-,21+,22+,23-,24+,25+,27-,28-,29+,30-/m0/s1. The van der Waals surface area contributed by atoms with E-state index in [9.17, 15) is 5.11 Å². The van der Waals surface area contributed by atoms with Crippen LogP contribution in [-0.4, -0.2) is 11.2 Å². The van der Waals surface area contributed by atoms with Crippen LogP contribution in [0, 0.1) is 56.7 Å². The van der Waals surface area contributed by atoms with Gasteiger partial charge in [-0.2, -0.15) is 0 Å². The van der Waals surface area contributed by atoms with Gasteiger partial charge in [-0.05, 0) is 128 Å². The van der Waals surface area contributed by atoms with Crippen LogP contribution in [0.1, 0.15) is 113 Å². The molecule has 1 N–H and O–H groups in total. The van der Waals surface area contributed by atoms with Crippen LogP contribution >= 0.6 is 0 Å². The van der Waals surface area contributed by atoms with Crippen molar-refractivity contribution in [3.63, 3.8) is 0 Å². The molecule has 0 saturated heterocycles. The maximum atomic E-state index is 10.9. The lowest BCUT2D eigenvalue weighted by Gasteiger charge is -2.73. The Kier molecular flexibility index (Phi) is 4.82. The Morgan fingerprint density at radius 2 is 1.45 bits per heavy atom. The molecule has 31 heavy (non-hydrogen) atoms. The minimum absolute atomic E-state index is 0.0632. The van der Waals surface area contributed by atoms with Gasteiger partial charge >= 0.3 is 0 Å². The summed E-state index contributed by atoms with van der Waals surface area (Å²) in [6, 6.07) is 0. The van der Waals surface area contributed by atoms with E-state index in [1.807, 2.05) is 0 Å². The molecule has 0 radical (unpaired) electrons. The summed E-state index contributed by atoms with van der Waals surface area (Å²) in [5, 5.41) is 10.9. The lowest BCUT2D eigenvalue weighted by molar-refractivity contribution is -0.246. The van der Waals surface area contributed by atoms with Gasteiger partial charge in [-0.1, -0.05) is 53.7 Å². The van der Waals surface area contributed by atoms with Gasteiger partial charge in [0.2, 0.25) is 0 Å². The predicted octanol–water partition coefficient (Wildman–Crippen LogP) is 8.02. The summed E-state index contributed by atoms with van der Waals surface area (Å²) >= 11 is 0. The van der Waals surface area contributed by atoms with E-state index in [0.29, 0.717) is 27.6 Å². The van der Waals surface area contributed by atoms with Gasteiger partial charge in [0.05, 0.1) is 6.10 Å². The van der Waals surface area contributed by atoms with E-state index < -0.39 is 0 Å².